The second-order valence-electron chi connectivity index (χ2n) is 26.6. The van der Waals surface area contributed by atoms with Gasteiger partial charge >= 0.3 is 59.8 Å². The smallest absolute Gasteiger partial charge is 0.326 e. The second-order valence-corrected chi connectivity index (χ2v) is 31.5. The standard InChI is InChI=1S/C63H99FN12O25Si/c1-62(2,3)102(64,63(4,5)6)39-14-12-38(13-15-39)54(89)67-34-44(69-49(80)20-18-45(60(99)100)76-32-30-74(36-52(85)86)28-26-73(35-51(83)84)27-29-75(31-33-76)37-53(87)88)55(90)70-41(57(93)94)10-7-8-24-65-46(77)21-22-47(78)66-25-9-11-40(56(91)92)68-48(79)19-16-42(58(95)96)71-61(101)72-43(59(97)98)17-23-50(81)82/h12-15,40-45H,7-11,16-37H2,1-6H3,(H,65,77)(H,66,78)(H,67,89)(H,68,79)(H,69,80)(H,70,90)(H,81,82)(H,83,84)(H,85,86)(H,87,88)(H,91,92)(H,93,94)(H,95,96)(H,97,98)(H,99,100)(H2,71,72,101)/t40-,41+,42+,43+,44+,45+/m1/s1. The lowest BCUT2D eigenvalue weighted by molar-refractivity contribution is -0.145. The zero-order valence-electron chi connectivity index (χ0n) is 58.1. The maximum Gasteiger partial charge on any atom is 0.326 e. The summed E-state index contributed by atoms with van der Waals surface area (Å²) in [5.41, 5.74) is 0.0380. The molecule has 17 N–H and O–H groups in total. The highest BCUT2D eigenvalue weighted by Gasteiger charge is 2.56. The summed E-state index contributed by atoms with van der Waals surface area (Å²) in [7, 11) is -3.77. The van der Waals surface area contributed by atoms with Gasteiger partial charge in [0, 0.05) is 110 Å². The molecule has 1 heterocycles. The van der Waals surface area contributed by atoms with Crippen molar-refractivity contribution in [1.29, 1.82) is 0 Å². The van der Waals surface area contributed by atoms with Crippen molar-refractivity contribution in [3.05, 3.63) is 29.8 Å². The van der Waals surface area contributed by atoms with Crippen molar-refractivity contribution in [2.45, 2.75) is 171 Å². The molecular formula is C63H99FN12O25Si. The Hall–Kier alpha value is -9.47. The number of carboxylic acids is 9. The molecule has 6 atom stereocenters. The van der Waals surface area contributed by atoms with E-state index in [-0.39, 0.29) is 116 Å². The molecule has 0 unspecified atom stereocenters. The van der Waals surface area contributed by atoms with E-state index in [0.717, 1.165) is 0 Å². The Morgan fingerprint density at radius 1 is 0.412 bits per heavy atom. The van der Waals surface area contributed by atoms with Crippen molar-refractivity contribution in [3.8, 4) is 0 Å². The number of hydrogen-bond donors (Lipinski definition) is 17. The van der Waals surface area contributed by atoms with E-state index in [4.69, 9.17) is 5.11 Å². The lowest BCUT2D eigenvalue weighted by atomic mass is 10.1. The molecule has 102 heavy (non-hydrogen) atoms. The Bertz CT molecular complexity index is 3050. The van der Waals surface area contributed by atoms with Crippen LogP contribution in [0.3, 0.4) is 0 Å². The summed E-state index contributed by atoms with van der Waals surface area (Å²) >= 11 is 0. The van der Waals surface area contributed by atoms with Crippen molar-refractivity contribution in [2.75, 3.05) is 91.6 Å². The summed E-state index contributed by atoms with van der Waals surface area (Å²) in [6.45, 7) is 8.44. The number of hydrogen-bond acceptors (Lipinski definition) is 20. The van der Waals surface area contributed by atoms with Gasteiger partial charge in [-0.05, 0) is 78.8 Å². The van der Waals surface area contributed by atoms with Crippen LogP contribution in [-0.2, 0) is 67.1 Å². The number of nitrogens with one attached hydrogen (secondary N) is 8. The number of aliphatic carboxylic acids is 9. The van der Waals surface area contributed by atoms with Gasteiger partial charge in [-0.25, -0.2) is 24.0 Å². The summed E-state index contributed by atoms with van der Waals surface area (Å²) < 4.78 is 17.1. The monoisotopic (exact) mass is 1470 g/mol. The van der Waals surface area contributed by atoms with Crippen molar-refractivity contribution < 1.29 is 127 Å². The van der Waals surface area contributed by atoms with Gasteiger partial charge in [0.15, 0.2) is 0 Å². The van der Waals surface area contributed by atoms with Crippen LogP contribution in [0, 0.1) is 0 Å². The van der Waals surface area contributed by atoms with Crippen LogP contribution in [0.15, 0.2) is 24.3 Å². The van der Waals surface area contributed by atoms with Crippen molar-refractivity contribution in [2.24, 2.45) is 0 Å². The molecule has 39 heteroatoms. The van der Waals surface area contributed by atoms with E-state index in [9.17, 15) is 118 Å². The number of unbranched alkanes of at least 4 members (excludes halogenated alkanes) is 1. The molecule has 572 valence electrons. The first-order chi connectivity index (χ1) is 47.5. The lowest BCUT2D eigenvalue weighted by Gasteiger charge is -2.44. The van der Waals surface area contributed by atoms with E-state index in [1.807, 2.05) is 10.6 Å². The topological polar surface area (TPSA) is 564 Å². The molecule has 0 spiro atoms. The van der Waals surface area contributed by atoms with Crippen LogP contribution < -0.4 is 47.7 Å². The van der Waals surface area contributed by atoms with Gasteiger partial charge in [-0.3, -0.25) is 72.3 Å². The Morgan fingerprint density at radius 3 is 1.21 bits per heavy atom. The van der Waals surface area contributed by atoms with Gasteiger partial charge < -0.3 is 92.6 Å². The number of benzene rings is 1. The van der Waals surface area contributed by atoms with Gasteiger partial charge in [-0.1, -0.05) is 53.7 Å². The minimum Gasteiger partial charge on any atom is -0.481 e. The molecule has 1 aliphatic rings. The van der Waals surface area contributed by atoms with Crippen LogP contribution >= 0.6 is 0 Å². The number of amides is 8. The molecule has 8 amide bonds. The molecule has 0 saturated carbocycles. The third-order valence-corrected chi connectivity index (χ3v) is 21.9. The molecule has 1 fully saturated rings. The van der Waals surface area contributed by atoms with Gasteiger partial charge in [0.05, 0.1) is 19.6 Å². The largest absolute Gasteiger partial charge is 0.481 e. The van der Waals surface area contributed by atoms with Gasteiger partial charge in [0.1, 0.15) is 36.3 Å². The molecule has 2 rings (SSSR count). The van der Waals surface area contributed by atoms with E-state index in [2.05, 4.69) is 31.9 Å². The third-order valence-electron chi connectivity index (χ3n) is 16.6. The number of carboxylic acid groups (broad SMARTS) is 9. The van der Waals surface area contributed by atoms with E-state index in [0.29, 0.717) is 5.19 Å². The first kappa shape index (κ1) is 88.6. The van der Waals surface area contributed by atoms with Gasteiger partial charge in [0.2, 0.25) is 29.5 Å². The molecule has 0 radical (unpaired) electrons. The number of carbonyl (C=O) groups excluding carboxylic acids is 7. The summed E-state index contributed by atoms with van der Waals surface area (Å²) in [6, 6.07) is -5.18. The average Bonchev–Trinajstić information content (AvgIpc) is 0.748. The molecule has 1 aliphatic heterocycles. The SMILES string of the molecule is CC(C)(C)[Si](F)(c1ccc(C(=O)NC[C@H](NC(=O)CC[C@@H](C(=O)O)N2CCN(CC(=O)O)CCN(CC(=O)O)CCN(CC(=O)O)CC2)C(=O)N[C@@H](CCCCNC(=O)CCC(=O)NCCC[C@@H](NC(=O)CC[C@H](NC(=O)N[C@@H](CCC(=O)O)C(=O)O)C(=O)O)C(=O)O)C(=O)O)cc1)C(C)(C)C. The lowest BCUT2D eigenvalue weighted by Crippen LogP contribution is -2.58. The molecule has 37 nitrogen and oxygen atoms in total. The highest BCUT2D eigenvalue weighted by Crippen LogP contribution is 2.51. The molecule has 0 aromatic heterocycles. The highest BCUT2D eigenvalue weighted by molar-refractivity contribution is 6.90. The number of urea groups is 1. The van der Waals surface area contributed by atoms with Crippen molar-refractivity contribution >= 4 is 109 Å². The molecule has 0 aliphatic carbocycles. The summed E-state index contributed by atoms with van der Waals surface area (Å²) in [5.74, 6) is -17.5. The number of nitrogens with zero attached hydrogens (tertiary/aromatic N) is 4. The second kappa shape index (κ2) is 43.4. The summed E-state index contributed by atoms with van der Waals surface area (Å²) in [6.07, 6.45) is -4.25. The predicted molar refractivity (Wildman–Crippen MR) is 359 cm³/mol. The fraction of sp³-hybridized carbons (Fsp3) is 0.651. The van der Waals surface area contributed by atoms with Crippen LogP contribution in [0.1, 0.15) is 135 Å². The maximum atomic E-state index is 17.1. The van der Waals surface area contributed by atoms with Gasteiger partial charge in [-0.2, -0.15) is 0 Å². The predicted octanol–water partition coefficient (Wildman–Crippen LogP) is -1.72. The van der Waals surface area contributed by atoms with Crippen molar-refractivity contribution in [1.82, 2.24) is 62.1 Å². The van der Waals surface area contributed by atoms with Crippen molar-refractivity contribution in [3.63, 3.8) is 0 Å². The Morgan fingerprint density at radius 2 is 0.794 bits per heavy atom. The Balaban J connectivity index is 2.15. The van der Waals surface area contributed by atoms with Crippen LogP contribution in [0.4, 0.5) is 8.90 Å². The van der Waals surface area contributed by atoms with Crippen LogP contribution in [0.5, 0.6) is 0 Å². The normalized spacial score (nSPS) is 15.6. The van der Waals surface area contributed by atoms with E-state index < -0.39 is 215 Å². The van der Waals surface area contributed by atoms with Gasteiger partial charge in [0.25, 0.3) is 14.3 Å². The molecular weight excluding hydrogens is 1370 g/mol. The maximum absolute atomic E-state index is 17.1. The number of rotatable bonds is 43. The molecule has 1 aromatic rings. The fourth-order valence-corrected chi connectivity index (χ4v) is 16.0. The molecule has 1 saturated heterocycles. The first-order valence-electron chi connectivity index (χ1n) is 33.0. The summed E-state index contributed by atoms with van der Waals surface area (Å²) in [5, 5.41) is 104. The highest BCUT2D eigenvalue weighted by atomic mass is 28.4. The molecule has 0 bridgehead atoms. The molecule has 1 aromatic carbocycles. The van der Waals surface area contributed by atoms with Gasteiger partial charge in [-0.15, -0.1) is 0 Å². The Kier molecular flexibility index (Phi) is 37.7. The Labute approximate surface area is 588 Å². The minimum absolute atomic E-state index is 0.00207. The van der Waals surface area contributed by atoms with Crippen LogP contribution in [0.25, 0.3) is 0 Å². The quantitative estimate of drug-likeness (QED) is 0.0197. The first-order valence-corrected chi connectivity index (χ1v) is 34.9. The average molecular weight is 1470 g/mol. The van der Waals surface area contributed by atoms with Crippen LogP contribution in [0.2, 0.25) is 10.1 Å². The van der Waals surface area contributed by atoms with E-state index >= 15 is 4.11 Å². The van der Waals surface area contributed by atoms with E-state index in [1.165, 1.54) is 43.9 Å². The number of halogens is 1. The minimum atomic E-state index is -3.77. The van der Waals surface area contributed by atoms with Crippen LogP contribution in [-0.4, -0.2) is 297 Å². The van der Waals surface area contributed by atoms with E-state index in [1.54, 1.807) is 41.5 Å². The zero-order chi connectivity index (χ0) is 77.2. The zero-order valence-corrected chi connectivity index (χ0v) is 59.1. The number of carbonyl (C=O) groups is 16. The fourth-order valence-electron chi connectivity index (χ4n) is 11.4. The third kappa shape index (κ3) is 32.9. The summed E-state index contributed by atoms with van der Waals surface area (Å²) in [4.78, 5) is 205.